The molecule has 0 aromatic carbocycles. The van der Waals surface area contributed by atoms with Gasteiger partial charge in [0.05, 0.1) is 18.0 Å². The van der Waals surface area contributed by atoms with Crippen molar-refractivity contribution in [3.8, 4) is 0 Å². The molecule has 1 aliphatic heterocycles. The number of aromatic nitrogens is 3. The molecule has 1 amide bonds. The Morgan fingerprint density at radius 1 is 1.37 bits per heavy atom. The molecule has 1 aliphatic rings. The summed E-state index contributed by atoms with van der Waals surface area (Å²) in [6.45, 7) is 10.4. The summed E-state index contributed by atoms with van der Waals surface area (Å²) >= 11 is 0. The average Bonchev–Trinajstić information content (AvgIpc) is 3.12. The molecule has 9 nitrogen and oxygen atoms in total. The molecular formula is C21H29N5O4. The van der Waals surface area contributed by atoms with Crippen molar-refractivity contribution in [2.75, 3.05) is 18.5 Å². The summed E-state index contributed by atoms with van der Waals surface area (Å²) in [7, 11) is 0. The third-order valence-corrected chi connectivity index (χ3v) is 5.12. The van der Waals surface area contributed by atoms with E-state index in [9.17, 15) is 9.59 Å². The minimum Gasteiger partial charge on any atom is -0.432 e. The van der Waals surface area contributed by atoms with E-state index in [0.717, 1.165) is 29.7 Å². The van der Waals surface area contributed by atoms with Crippen molar-refractivity contribution in [3.63, 3.8) is 0 Å². The number of piperidine rings is 1. The maximum atomic E-state index is 12.1. The number of nitrogens with zero attached hydrogens (tertiary/aromatic N) is 4. The minimum atomic E-state index is -0.677. The highest BCUT2D eigenvalue weighted by Gasteiger charge is 2.28. The summed E-state index contributed by atoms with van der Waals surface area (Å²) < 4.78 is 12.0. The molecule has 2 atom stereocenters. The molecular weight excluding hydrogens is 386 g/mol. The van der Waals surface area contributed by atoms with Crippen LogP contribution in [0.15, 0.2) is 31.2 Å². The molecule has 0 saturated carbocycles. The van der Waals surface area contributed by atoms with E-state index in [4.69, 9.17) is 9.47 Å². The van der Waals surface area contributed by atoms with Gasteiger partial charge in [-0.1, -0.05) is 6.58 Å². The van der Waals surface area contributed by atoms with Gasteiger partial charge in [0, 0.05) is 24.8 Å². The fourth-order valence-corrected chi connectivity index (χ4v) is 3.60. The van der Waals surface area contributed by atoms with Gasteiger partial charge in [-0.05, 0) is 45.8 Å². The van der Waals surface area contributed by atoms with E-state index in [1.807, 2.05) is 21.7 Å². The zero-order valence-electron chi connectivity index (χ0n) is 17.7. The highest BCUT2D eigenvalue weighted by atomic mass is 16.7. The lowest BCUT2D eigenvalue weighted by atomic mass is 9.99. The van der Waals surface area contributed by atoms with E-state index in [2.05, 4.69) is 28.8 Å². The number of amides is 1. The predicted octanol–water partition coefficient (Wildman–Crippen LogP) is 2.97. The molecule has 1 N–H and O–H groups in total. The molecule has 3 rings (SSSR count). The van der Waals surface area contributed by atoms with Crippen molar-refractivity contribution in [1.29, 1.82) is 0 Å². The van der Waals surface area contributed by atoms with Gasteiger partial charge in [-0.25, -0.2) is 14.8 Å². The standard InChI is InChI=1S/C21H29N5O4/c1-5-18(27)26-12-16(7-6-15(26)4)24-19-17-8-9-25(20(17)23-13-22-19)10-11-29-21(28)30-14(2)3/h5,8-9,13-16H,1,6-7,10-12H2,2-4H3,(H,22,23,24)/t15-,16-/m0/s1. The van der Waals surface area contributed by atoms with Gasteiger partial charge in [-0.2, -0.15) is 0 Å². The number of nitrogens with one attached hydrogen (secondary N) is 1. The monoisotopic (exact) mass is 415 g/mol. The largest absolute Gasteiger partial charge is 0.508 e. The number of anilines is 1. The molecule has 3 heterocycles. The third kappa shape index (κ3) is 5.08. The summed E-state index contributed by atoms with van der Waals surface area (Å²) in [6.07, 6.45) is 5.72. The van der Waals surface area contributed by atoms with Crippen LogP contribution in [0.4, 0.5) is 10.6 Å². The Kier molecular flexibility index (Phi) is 6.91. The molecule has 2 aromatic heterocycles. The number of fused-ring (bicyclic) bond motifs is 1. The summed E-state index contributed by atoms with van der Waals surface area (Å²) in [5.41, 5.74) is 0.747. The number of hydrogen-bond donors (Lipinski definition) is 1. The molecule has 9 heteroatoms. The lowest BCUT2D eigenvalue weighted by molar-refractivity contribution is -0.129. The Balaban J connectivity index is 1.66. The van der Waals surface area contributed by atoms with Crippen molar-refractivity contribution in [3.05, 3.63) is 31.2 Å². The first-order valence-corrected chi connectivity index (χ1v) is 10.2. The predicted molar refractivity (Wildman–Crippen MR) is 113 cm³/mol. The number of likely N-dealkylation sites (tertiary alicyclic amines) is 1. The topological polar surface area (TPSA) is 98.6 Å². The molecule has 2 aromatic rings. The number of hydrogen-bond acceptors (Lipinski definition) is 7. The molecule has 0 aliphatic carbocycles. The number of carbonyl (C=O) groups is 2. The number of rotatable bonds is 7. The van der Waals surface area contributed by atoms with Crippen LogP contribution in [0.25, 0.3) is 11.0 Å². The van der Waals surface area contributed by atoms with E-state index in [1.165, 1.54) is 12.4 Å². The Bertz CT molecular complexity index is 910. The number of carbonyl (C=O) groups excluding carboxylic acids is 2. The maximum absolute atomic E-state index is 12.1. The van der Waals surface area contributed by atoms with Crippen molar-refractivity contribution >= 4 is 28.9 Å². The number of ether oxygens (including phenoxy) is 2. The zero-order valence-corrected chi connectivity index (χ0v) is 17.7. The van der Waals surface area contributed by atoms with Crippen molar-refractivity contribution in [2.45, 2.75) is 58.3 Å². The van der Waals surface area contributed by atoms with Crippen LogP contribution in [0.2, 0.25) is 0 Å². The van der Waals surface area contributed by atoms with Crippen LogP contribution in [0, 0.1) is 0 Å². The molecule has 1 fully saturated rings. The first-order valence-electron chi connectivity index (χ1n) is 10.2. The Labute approximate surface area is 176 Å². The molecule has 162 valence electrons. The molecule has 0 bridgehead atoms. The van der Waals surface area contributed by atoms with Gasteiger partial charge in [-0.3, -0.25) is 4.79 Å². The first kappa shape index (κ1) is 21.6. The van der Waals surface area contributed by atoms with E-state index in [1.54, 1.807) is 13.8 Å². The Morgan fingerprint density at radius 2 is 2.17 bits per heavy atom. The van der Waals surface area contributed by atoms with Gasteiger partial charge in [-0.15, -0.1) is 0 Å². The van der Waals surface area contributed by atoms with Crippen LogP contribution in [0.5, 0.6) is 0 Å². The zero-order chi connectivity index (χ0) is 21.7. The smallest absolute Gasteiger partial charge is 0.432 e. The van der Waals surface area contributed by atoms with Gasteiger partial charge in [0.1, 0.15) is 24.4 Å². The van der Waals surface area contributed by atoms with Gasteiger partial charge in [0.15, 0.2) is 0 Å². The summed E-state index contributed by atoms with van der Waals surface area (Å²) in [6, 6.07) is 2.23. The second kappa shape index (κ2) is 9.60. The first-order chi connectivity index (χ1) is 14.4. The van der Waals surface area contributed by atoms with Crippen LogP contribution >= 0.6 is 0 Å². The second-order valence-electron chi connectivity index (χ2n) is 7.70. The molecule has 1 saturated heterocycles. The Hall–Kier alpha value is -3.10. The lowest BCUT2D eigenvalue weighted by Crippen LogP contribution is -2.49. The van der Waals surface area contributed by atoms with Crippen LogP contribution in [-0.4, -0.2) is 62.8 Å². The van der Waals surface area contributed by atoms with Crippen molar-refractivity contribution < 1.29 is 19.1 Å². The summed E-state index contributed by atoms with van der Waals surface area (Å²) in [5.74, 6) is 0.674. The summed E-state index contributed by atoms with van der Waals surface area (Å²) in [5, 5.41) is 4.34. The molecule has 0 radical (unpaired) electrons. The minimum absolute atomic E-state index is 0.0519. The van der Waals surface area contributed by atoms with E-state index >= 15 is 0 Å². The lowest BCUT2D eigenvalue weighted by Gasteiger charge is -2.38. The van der Waals surface area contributed by atoms with Crippen molar-refractivity contribution in [1.82, 2.24) is 19.4 Å². The van der Waals surface area contributed by atoms with Gasteiger partial charge in [0.25, 0.3) is 0 Å². The van der Waals surface area contributed by atoms with E-state index in [-0.39, 0.29) is 30.7 Å². The van der Waals surface area contributed by atoms with Gasteiger partial charge >= 0.3 is 6.16 Å². The fraction of sp³-hybridized carbons (Fsp3) is 0.524. The highest BCUT2D eigenvalue weighted by Crippen LogP contribution is 2.25. The van der Waals surface area contributed by atoms with Crippen LogP contribution in [0.3, 0.4) is 0 Å². The SMILES string of the molecule is C=CC(=O)N1C[C@@H](Nc2ncnc3c2ccn3CCOC(=O)OC(C)C)CC[C@@H]1C. The fourth-order valence-electron chi connectivity index (χ4n) is 3.60. The Morgan fingerprint density at radius 3 is 2.90 bits per heavy atom. The molecule has 0 unspecified atom stereocenters. The van der Waals surface area contributed by atoms with Crippen LogP contribution < -0.4 is 5.32 Å². The maximum Gasteiger partial charge on any atom is 0.508 e. The average molecular weight is 415 g/mol. The summed E-state index contributed by atoms with van der Waals surface area (Å²) in [4.78, 5) is 34.2. The van der Waals surface area contributed by atoms with Crippen molar-refractivity contribution in [2.24, 2.45) is 0 Å². The van der Waals surface area contributed by atoms with Crippen LogP contribution in [-0.2, 0) is 20.8 Å². The molecule has 30 heavy (non-hydrogen) atoms. The van der Waals surface area contributed by atoms with Gasteiger partial charge < -0.3 is 24.3 Å². The normalized spacial score (nSPS) is 19.0. The highest BCUT2D eigenvalue weighted by molar-refractivity contribution is 5.88. The van der Waals surface area contributed by atoms with Gasteiger partial charge in [0.2, 0.25) is 5.91 Å². The quantitative estimate of drug-likeness (QED) is 0.548. The van der Waals surface area contributed by atoms with E-state index in [0.29, 0.717) is 13.1 Å². The molecule has 0 spiro atoms. The second-order valence-corrected chi connectivity index (χ2v) is 7.70. The van der Waals surface area contributed by atoms with E-state index < -0.39 is 6.16 Å². The van der Waals surface area contributed by atoms with Crippen LogP contribution in [0.1, 0.15) is 33.6 Å². The third-order valence-electron chi connectivity index (χ3n) is 5.12.